The van der Waals surface area contributed by atoms with Gasteiger partial charge in [-0.15, -0.1) is 11.8 Å². The molecule has 2 saturated carbocycles. The molecule has 2 aromatic heterocycles. The van der Waals surface area contributed by atoms with Crippen molar-refractivity contribution in [3.8, 4) is 0 Å². The zero-order valence-electron chi connectivity index (χ0n) is 23.5. The molecule has 3 aromatic rings. The van der Waals surface area contributed by atoms with Gasteiger partial charge >= 0.3 is 0 Å². The van der Waals surface area contributed by atoms with Crippen LogP contribution >= 0.6 is 11.8 Å². The van der Waals surface area contributed by atoms with E-state index in [4.69, 9.17) is 4.98 Å². The lowest BCUT2D eigenvalue weighted by atomic mass is 9.63. The fraction of sp³-hybridized carbons (Fsp3) is 0.581. The maximum atomic E-state index is 13.1. The Balaban J connectivity index is 1.14. The third-order valence-corrected chi connectivity index (χ3v) is 10.5. The number of benzene rings is 1. The second-order valence-electron chi connectivity index (χ2n) is 12.4. The number of hydrogen-bond acceptors (Lipinski definition) is 6. The van der Waals surface area contributed by atoms with E-state index in [9.17, 15) is 4.79 Å². The van der Waals surface area contributed by atoms with E-state index in [0.717, 1.165) is 27.5 Å². The van der Waals surface area contributed by atoms with E-state index in [1.54, 1.807) is 0 Å². The first-order chi connectivity index (χ1) is 18.2. The molecule has 0 amide bonds. The molecule has 1 N–H and O–H groups in total. The molecule has 1 atom stereocenters. The zero-order chi connectivity index (χ0) is 26.6. The molecule has 3 fully saturated rings. The Hall–Kier alpha value is -2.38. The van der Waals surface area contributed by atoms with Crippen LogP contribution in [0.2, 0.25) is 0 Å². The summed E-state index contributed by atoms with van der Waals surface area (Å²) in [5, 5.41) is 5.07. The largest absolute Gasteiger partial charge is 0.324 e. The van der Waals surface area contributed by atoms with Crippen LogP contribution in [-0.4, -0.2) is 43.8 Å². The van der Waals surface area contributed by atoms with Crippen molar-refractivity contribution in [3.05, 3.63) is 51.9 Å². The molecule has 7 heteroatoms. The smallest absolute Gasteiger partial charge is 0.255 e. The summed E-state index contributed by atoms with van der Waals surface area (Å²) < 4.78 is 1.89. The molecule has 1 saturated heterocycles. The quantitative estimate of drug-likeness (QED) is 0.359. The number of nitrogens with zero attached hydrogens (tertiary/aromatic N) is 4. The van der Waals surface area contributed by atoms with Crippen LogP contribution in [0.3, 0.4) is 0 Å². The Labute approximate surface area is 230 Å². The summed E-state index contributed by atoms with van der Waals surface area (Å²) in [5.74, 6) is 1.10. The number of aromatic nitrogens is 3. The lowest BCUT2D eigenvalue weighted by molar-refractivity contribution is 0.0267. The number of anilines is 2. The number of piperidine rings is 1. The molecule has 0 unspecified atom stereocenters. The molecule has 202 valence electrons. The van der Waals surface area contributed by atoms with Gasteiger partial charge in [-0.05, 0) is 127 Å². The molecule has 2 aliphatic carbocycles. The highest BCUT2D eigenvalue weighted by Crippen LogP contribution is 2.55. The molecule has 38 heavy (non-hydrogen) atoms. The van der Waals surface area contributed by atoms with E-state index in [1.165, 1.54) is 62.1 Å². The van der Waals surface area contributed by atoms with Gasteiger partial charge in [-0.2, -0.15) is 4.98 Å². The van der Waals surface area contributed by atoms with Gasteiger partial charge in [-0.25, -0.2) is 4.98 Å². The van der Waals surface area contributed by atoms with Gasteiger partial charge in [0.15, 0.2) is 0 Å². The van der Waals surface area contributed by atoms with Gasteiger partial charge in [-0.3, -0.25) is 9.36 Å². The van der Waals surface area contributed by atoms with Crippen molar-refractivity contribution < 1.29 is 0 Å². The maximum absolute atomic E-state index is 13.1. The molecule has 3 heterocycles. The van der Waals surface area contributed by atoms with Gasteiger partial charge in [-0.1, -0.05) is 0 Å². The number of rotatable bonds is 7. The van der Waals surface area contributed by atoms with Crippen molar-refractivity contribution in [3.63, 3.8) is 0 Å². The zero-order valence-corrected chi connectivity index (χ0v) is 24.3. The number of likely N-dealkylation sites (tertiary alicyclic amines) is 1. The van der Waals surface area contributed by atoms with Crippen molar-refractivity contribution in [2.75, 3.05) is 18.4 Å². The second kappa shape index (κ2) is 9.98. The minimum absolute atomic E-state index is 0.0577. The standard InChI is InChI=1S/C31H41N5OS/c1-19(2)35-12-10-31(11-13-35)16-26(17-31)38-25-8-9-27(20(3)15-25)33-30-32-18-24-14-21(4)29(37)36(28(24)34-30)22(5)23-6-7-23/h8-9,14-15,18-19,22-23,26H,6-7,10-13,16-17H2,1-5H3,(H,32,33,34)/t22-/m0/s1. The van der Waals surface area contributed by atoms with Crippen LogP contribution < -0.4 is 10.9 Å². The third-order valence-electron chi connectivity index (χ3n) is 9.32. The number of fused-ring (bicyclic) bond motifs is 1. The number of nitrogens with one attached hydrogen (secondary N) is 1. The fourth-order valence-corrected chi connectivity index (χ4v) is 8.21. The molecule has 1 aromatic carbocycles. The van der Waals surface area contributed by atoms with E-state index in [1.807, 2.05) is 35.5 Å². The molecular formula is C31H41N5OS. The number of aryl methyl sites for hydroxylation is 2. The maximum Gasteiger partial charge on any atom is 0.255 e. The van der Waals surface area contributed by atoms with Gasteiger partial charge in [0.25, 0.3) is 5.56 Å². The average Bonchev–Trinajstić information content (AvgIpc) is 3.71. The van der Waals surface area contributed by atoms with E-state index < -0.39 is 0 Å². The van der Waals surface area contributed by atoms with Crippen molar-refractivity contribution in [2.24, 2.45) is 11.3 Å². The molecule has 1 spiro atoms. The van der Waals surface area contributed by atoms with Crippen LogP contribution in [0.5, 0.6) is 0 Å². The predicted molar refractivity (Wildman–Crippen MR) is 158 cm³/mol. The minimum atomic E-state index is 0.0577. The molecular weight excluding hydrogens is 490 g/mol. The summed E-state index contributed by atoms with van der Waals surface area (Å²) in [6.45, 7) is 13.3. The van der Waals surface area contributed by atoms with Gasteiger partial charge in [0.2, 0.25) is 5.95 Å². The van der Waals surface area contributed by atoms with Crippen molar-refractivity contribution >= 4 is 34.4 Å². The molecule has 6 nitrogen and oxygen atoms in total. The van der Waals surface area contributed by atoms with Crippen LogP contribution in [-0.2, 0) is 0 Å². The lowest BCUT2D eigenvalue weighted by Crippen LogP contribution is -2.49. The van der Waals surface area contributed by atoms with Crippen LogP contribution in [0.1, 0.15) is 76.5 Å². The van der Waals surface area contributed by atoms with Crippen LogP contribution in [0.15, 0.2) is 40.2 Å². The normalized spacial score (nSPS) is 20.7. The Morgan fingerprint density at radius 3 is 2.45 bits per heavy atom. The summed E-state index contributed by atoms with van der Waals surface area (Å²) in [7, 11) is 0. The molecule has 6 rings (SSSR count). The number of hydrogen-bond donors (Lipinski definition) is 1. The Bertz CT molecular complexity index is 1400. The summed E-state index contributed by atoms with van der Waals surface area (Å²) in [6, 6.07) is 9.40. The SMILES string of the molecule is Cc1cc(SC2CC3(CCN(C(C)C)CC3)C2)ccc1Nc1ncc2cc(C)c(=O)n([C@@H](C)C3CC3)c2n1. The molecule has 0 radical (unpaired) electrons. The first-order valence-corrected chi connectivity index (χ1v) is 15.3. The van der Waals surface area contributed by atoms with Crippen molar-refractivity contribution in [2.45, 2.75) is 95.4 Å². The first-order valence-electron chi connectivity index (χ1n) is 14.4. The van der Waals surface area contributed by atoms with E-state index in [-0.39, 0.29) is 11.6 Å². The summed E-state index contributed by atoms with van der Waals surface area (Å²) in [5.41, 5.74) is 4.32. The van der Waals surface area contributed by atoms with Crippen LogP contribution in [0, 0.1) is 25.2 Å². The van der Waals surface area contributed by atoms with E-state index >= 15 is 0 Å². The Kier molecular flexibility index (Phi) is 6.79. The van der Waals surface area contributed by atoms with Gasteiger partial charge in [0, 0.05) is 45.1 Å². The fourth-order valence-electron chi connectivity index (χ4n) is 6.56. The van der Waals surface area contributed by atoms with Gasteiger partial charge in [0.1, 0.15) is 5.65 Å². The first kappa shape index (κ1) is 25.9. The summed E-state index contributed by atoms with van der Waals surface area (Å²) >= 11 is 2.04. The van der Waals surface area contributed by atoms with Gasteiger partial charge in [0.05, 0.1) is 0 Å². The van der Waals surface area contributed by atoms with Crippen LogP contribution in [0.25, 0.3) is 11.0 Å². The van der Waals surface area contributed by atoms with Crippen molar-refractivity contribution in [1.29, 1.82) is 0 Å². The van der Waals surface area contributed by atoms with E-state index in [2.05, 4.69) is 61.1 Å². The molecule has 1 aliphatic heterocycles. The summed E-state index contributed by atoms with van der Waals surface area (Å²) in [4.78, 5) is 26.4. The number of thioether (sulfide) groups is 1. The minimum Gasteiger partial charge on any atom is -0.324 e. The highest BCUT2D eigenvalue weighted by Gasteiger charge is 2.46. The van der Waals surface area contributed by atoms with Crippen LogP contribution in [0.4, 0.5) is 11.6 Å². The predicted octanol–water partition coefficient (Wildman–Crippen LogP) is 6.87. The highest BCUT2D eigenvalue weighted by atomic mass is 32.2. The Morgan fingerprint density at radius 1 is 1.05 bits per heavy atom. The molecule has 3 aliphatic rings. The van der Waals surface area contributed by atoms with Gasteiger partial charge < -0.3 is 10.2 Å². The topological polar surface area (TPSA) is 63.1 Å². The lowest BCUT2D eigenvalue weighted by Gasteiger charge is -2.52. The highest BCUT2D eigenvalue weighted by molar-refractivity contribution is 8.00. The average molecular weight is 532 g/mol. The molecule has 0 bridgehead atoms. The third kappa shape index (κ3) is 5.00. The van der Waals surface area contributed by atoms with Crippen molar-refractivity contribution in [1.82, 2.24) is 19.4 Å². The summed E-state index contributed by atoms with van der Waals surface area (Å²) in [6.07, 6.45) is 9.64. The Morgan fingerprint density at radius 2 is 1.79 bits per heavy atom. The second-order valence-corrected chi connectivity index (χ2v) is 13.8. The van der Waals surface area contributed by atoms with E-state index in [0.29, 0.717) is 23.3 Å². The number of pyridine rings is 1. The monoisotopic (exact) mass is 531 g/mol.